The molecule has 0 aliphatic heterocycles. The highest BCUT2D eigenvalue weighted by Gasteiger charge is 2.52. The number of rotatable bonds is 4. The van der Waals surface area contributed by atoms with E-state index in [2.05, 4.69) is 0 Å². The van der Waals surface area contributed by atoms with E-state index in [0.717, 1.165) is 18.4 Å². The summed E-state index contributed by atoms with van der Waals surface area (Å²) in [5.41, 5.74) is 0.194. The zero-order valence-corrected chi connectivity index (χ0v) is 15.6. The van der Waals surface area contributed by atoms with Crippen LogP contribution in [0.3, 0.4) is 0 Å². The van der Waals surface area contributed by atoms with Gasteiger partial charge in [-0.3, -0.25) is 4.79 Å². The number of carbonyl (C=O) groups is 2. The zero-order valence-electron chi connectivity index (χ0n) is 15.6. The lowest BCUT2D eigenvalue weighted by atomic mass is 9.95. The maximum Gasteiger partial charge on any atom is 0.338 e. The lowest BCUT2D eigenvalue weighted by Gasteiger charge is -2.24. The predicted molar refractivity (Wildman–Crippen MR) is 92.8 cm³/mol. The monoisotopic (exact) mass is 332 g/mol. The van der Waals surface area contributed by atoms with E-state index < -0.39 is 11.2 Å². The van der Waals surface area contributed by atoms with Crippen molar-refractivity contribution in [1.82, 2.24) is 0 Å². The Morgan fingerprint density at radius 3 is 1.83 bits per heavy atom. The first-order chi connectivity index (χ1) is 10.9. The molecule has 0 bridgehead atoms. The van der Waals surface area contributed by atoms with Crippen LogP contribution in [0.1, 0.15) is 70.3 Å². The molecule has 1 aliphatic carbocycles. The van der Waals surface area contributed by atoms with E-state index in [9.17, 15) is 9.59 Å². The topological polar surface area (TPSA) is 52.6 Å². The molecule has 132 valence electrons. The van der Waals surface area contributed by atoms with Gasteiger partial charge in [0.25, 0.3) is 0 Å². The SMILES string of the molecule is CC(C)(C)OC(=O)c1ccc(CC2(C(=O)OC(C)(C)C)CC2)cc1. The van der Waals surface area contributed by atoms with Crippen molar-refractivity contribution < 1.29 is 19.1 Å². The van der Waals surface area contributed by atoms with Crippen molar-refractivity contribution in [3.05, 3.63) is 35.4 Å². The summed E-state index contributed by atoms with van der Waals surface area (Å²) in [6.45, 7) is 11.2. The summed E-state index contributed by atoms with van der Waals surface area (Å²) in [6.07, 6.45) is 2.36. The minimum atomic E-state index is -0.509. The van der Waals surface area contributed by atoms with Gasteiger partial charge in [-0.2, -0.15) is 0 Å². The van der Waals surface area contributed by atoms with Gasteiger partial charge in [0.15, 0.2) is 0 Å². The van der Waals surface area contributed by atoms with Crippen LogP contribution >= 0.6 is 0 Å². The molecule has 0 aromatic heterocycles. The number of benzene rings is 1. The molecule has 0 amide bonds. The van der Waals surface area contributed by atoms with Gasteiger partial charge in [-0.1, -0.05) is 12.1 Å². The Morgan fingerprint density at radius 2 is 1.42 bits per heavy atom. The predicted octanol–water partition coefficient (Wildman–Crippen LogP) is 4.31. The first kappa shape index (κ1) is 18.5. The largest absolute Gasteiger partial charge is 0.460 e. The van der Waals surface area contributed by atoms with Crippen LogP contribution in [-0.4, -0.2) is 23.1 Å². The molecule has 1 aliphatic rings. The quantitative estimate of drug-likeness (QED) is 0.771. The molecule has 0 atom stereocenters. The Balaban J connectivity index is 2.02. The number of hydrogen-bond acceptors (Lipinski definition) is 4. The molecule has 0 unspecified atom stereocenters. The molecule has 4 nitrogen and oxygen atoms in total. The molecular formula is C20H28O4. The van der Waals surface area contributed by atoms with Crippen LogP contribution in [0.5, 0.6) is 0 Å². The molecule has 2 rings (SSSR count). The summed E-state index contributed by atoms with van der Waals surface area (Å²) in [4.78, 5) is 24.4. The standard InChI is InChI=1S/C20H28O4/c1-18(2,3)23-16(21)15-9-7-14(8-10-15)13-20(11-12-20)17(22)24-19(4,5)6/h7-10H,11-13H2,1-6H3. The van der Waals surface area contributed by atoms with E-state index in [-0.39, 0.29) is 17.4 Å². The van der Waals surface area contributed by atoms with Crippen LogP contribution in [0.15, 0.2) is 24.3 Å². The highest BCUT2D eigenvalue weighted by Crippen LogP contribution is 2.50. The second-order valence-electron chi connectivity index (χ2n) is 8.66. The lowest BCUT2D eigenvalue weighted by molar-refractivity contribution is -0.161. The molecule has 0 spiro atoms. The van der Waals surface area contributed by atoms with Crippen molar-refractivity contribution in [1.29, 1.82) is 0 Å². The minimum absolute atomic E-state index is 0.119. The van der Waals surface area contributed by atoms with Gasteiger partial charge in [0, 0.05) is 0 Å². The van der Waals surface area contributed by atoms with Crippen LogP contribution in [0.25, 0.3) is 0 Å². The zero-order chi connectivity index (χ0) is 18.2. The van der Waals surface area contributed by atoms with E-state index in [1.807, 2.05) is 53.7 Å². The summed E-state index contributed by atoms with van der Waals surface area (Å²) in [6, 6.07) is 7.30. The summed E-state index contributed by atoms with van der Waals surface area (Å²) < 4.78 is 10.9. The fourth-order valence-corrected chi connectivity index (χ4v) is 2.48. The first-order valence-electron chi connectivity index (χ1n) is 8.46. The van der Waals surface area contributed by atoms with Crippen molar-refractivity contribution in [3.8, 4) is 0 Å². The minimum Gasteiger partial charge on any atom is -0.460 e. The average molecular weight is 332 g/mol. The second kappa shape index (κ2) is 6.23. The van der Waals surface area contributed by atoms with E-state index in [1.54, 1.807) is 12.1 Å². The Hall–Kier alpha value is -1.84. The number of esters is 2. The molecule has 24 heavy (non-hydrogen) atoms. The lowest BCUT2D eigenvalue weighted by Crippen LogP contribution is -2.30. The number of carbonyl (C=O) groups excluding carboxylic acids is 2. The van der Waals surface area contributed by atoms with Crippen LogP contribution in [0.2, 0.25) is 0 Å². The fourth-order valence-electron chi connectivity index (χ4n) is 2.48. The van der Waals surface area contributed by atoms with Gasteiger partial charge in [0.1, 0.15) is 11.2 Å². The van der Waals surface area contributed by atoms with Crippen LogP contribution in [0, 0.1) is 5.41 Å². The third-order valence-corrected chi connectivity index (χ3v) is 3.82. The summed E-state index contributed by atoms with van der Waals surface area (Å²) in [5.74, 6) is -0.450. The third-order valence-electron chi connectivity index (χ3n) is 3.82. The smallest absolute Gasteiger partial charge is 0.338 e. The van der Waals surface area contributed by atoms with Gasteiger partial charge < -0.3 is 9.47 Å². The van der Waals surface area contributed by atoms with Crippen molar-refractivity contribution in [2.24, 2.45) is 5.41 Å². The first-order valence-corrected chi connectivity index (χ1v) is 8.46. The van der Waals surface area contributed by atoms with Gasteiger partial charge in [0.05, 0.1) is 11.0 Å². The van der Waals surface area contributed by atoms with Crippen molar-refractivity contribution in [2.75, 3.05) is 0 Å². The van der Waals surface area contributed by atoms with E-state index in [4.69, 9.17) is 9.47 Å². The van der Waals surface area contributed by atoms with Gasteiger partial charge in [-0.05, 0) is 78.5 Å². The normalized spacial score (nSPS) is 16.4. The molecule has 1 saturated carbocycles. The van der Waals surface area contributed by atoms with Crippen LogP contribution in [0.4, 0.5) is 0 Å². The molecule has 0 heterocycles. The molecule has 1 aromatic rings. The van der Waals surface area contributed by atoms with Crippen molar-refractivity contribution >= 4 is 11.9 Å². The second-order valence-corrected chi connectivity index (χ2v) is 8.66. The highest BCUT2D eigenvalue weighted by molar-refractivity contribution is 5.89. The van der Waals surface area contributed by atoms with Gasteiger partial charge in [-0.25, -0.2) is 4.79 Å². The Kier molecular flexibility index (Phi) is 4.80. The Labute approximate surface area is 144 Å². The number of hydrogen-bond donors (Lipinski definition) is 0. The van der Waals surface area contributed by atoms with Gasteiger partial charge in [-0.15, -0.1) is 0 Å². The van der Waals surface area contributed by atoms with E-state index in [0.29, 0.717) is 12.0 Å². The van der Waals surface area contributed by atoms with Gasteiger partial charge in [0.2, 0.25) is 0 Å². The Morgan fingerprint density at radius 1 is 0.917 bits per heavy atom. The molecular weight excluding hydrogens is 304 g/mol. The van der Waals surface area contributed by atoms with E-state index in [1.165, 1.54) is 0 Å². The highest BCUT2D eigenvalue weighted by atomic mass is 16.6. The van der Waals surface area contributed by atoms with Crippen LogP contribution in [-0.2, 0) is 20.7 Å². The maximum absolute atomic E-state index is 12.4. The average Bonchev–Trinajstić information content (AvgIpc) is 3.16. The molecule has 0 saturated heterocycles. The number of ether oxygens (including phenoxy) is 2. The van der Waals surface area contributed by atoms with Crippen molar-refractivity contribution in [2.45, 2.75) is 72.0 Å². The van der Waals surface area contributed by atoms with Gasteiger partial charge >= 0.3 is 11.9 Å². The van der Waals surface area contributed by atoms with E-state index >= 15 is 0 Å². The van der Waals surface area contributed by atoms with Crippen LogP contribution < -0.4 is 0 Å². The summed E-state index contributed by atoms with van der Waals surface area (Å²) in [5, 5.41) is 0. The fraction of sp³-hybridized carbons (Fsp3) is 0.600. The summed E-state index contributed by atoms with van der Waals surface area (Å²) >= 11 is 0. The molecule has 0 radical (unpaired) electrons. The molecule has 4 heteroatoms. The molecule has 0 N–H and O–H groups in total. The maximum atomic E-state index is 12.4. The Bertz CT molecular complexity index is 611. The molecule has 1 aromatic carbocycles. The third kappa shape index (κ3) is 5.08. The van der Waals surface area contributed by atoms with Crippen molar-refractivity contribution in [3.63, 3.8) is 0 Å². The summed E-state index contributed by atoms with van der Waals surface area (Å²) in [7, 11) is 0. The molecule has 1 fully saturated rings.